The van der Waals surface area contributed by atoms with Crippen molar-refractivity contribution >= 4 is 35.0 Å². The number of aromatic hydroxyl groups is 1. The van der Waals surface area contributed by atoms with Crippen molar-refractivity contribution in [3.05, 3.63) is 65.2 Å². The Labute approximate surface area is 241 Å². The normalized spacial score (nSPS) is 32.2. The average Bonchev–Trinajstić information content (AvgIpc) is 2.94. The number of nitrogens with two attached hydrogens (primary N) is 1. The molecule has 3 aliphatic carbocycles. The Balaban J connectivity index is 1.81. The van der Waals surface area contributed by atoms with Crippen LogP contribution in [0, 0.1) is 23.7 Å². The fourth-order valence-electron chi connectivity index (χ4n) is 7.23. The number of carbonyl (C=O) groups excluding carboxylic acids is 6. The number of ketones is 4. The van der Waals surface area contributed by atoms with Crippen LogP contribution in [0.5, 0.6) is 5.75 Å². The van der Waals surface area contributed by atoms with E-state index in [9.17, 15) is 39.0 Å². The molecule has 0 aromatic heterocycles. The number of fused-ring (bicyclic) bond motifs is 3. The molecule has 0 radical (unpaired) electrons. The number of amides is 1. The van der Waals surface area contributed by atoms with Crippen molar-refractivity contribution in [1.29, 1.82) is 0 Å². The number of likely N-dealkylation sites (N-methyl/N-ethyl adjacent to an activating group) is 1. The summed E-state index contributed by atoms with van der Waals surface area (Å²) in [5.41, 5.74) is 3.45. The molecule has 0 aliphatic heterocycles. The smallest absolute Gasteiger partial charge is 0.305 e. The molecule has 11 nitrogen and oxygen atoms in total. The third-order valence-corrected chi connectivity index (χ3v) is 8.98. The van der Waals surface area contributed by atoms with Gasteiger partial charge in [-0.25, -0.2) is 0 Å². The Morgan fingerprint density at radius 3 is 2.26 bits per heavy atom. The van der Waals surface area contributed by atoms with Gasteiger partial charge in [-0.05, 0) is 43.6 Å². The first-order valence-corrected chi connectivity index (χ1v) is 13.8. The van der Waals surface area contributed by atoms with E-state index in [1.54, 1.807) is 12.1 Å². The molecule has 42 heavy (non-hydrogen) atoms. The van der Waals surface area contributed by atoms with E-state index in [4.69, 9.17) is 10.5 Å². The van der Waals surface area contributed by atoms with Crippen molar-refractivity contribution < 1.29 is 43.7 Å². The highest BCUT2D eigenvalue weighted by molar-refractivity contribution is 6.32. The lowest BCUT2D eigenvalue weighted by molar-refractivity contribution is -0.205. The van der Waals surface area contributed by atoms with Gasteiger partial charge in [-0.15, -0.1) is 0 Å². The van der Waals surface area contributed by atoms with Crippen LogP contribution in [-0.2, 0) is 35.1 Å². The number of Topliss-reactive ketones (excluding diaryl/α,β-unsaturated/α-hetero) is 4. The lowest BCUT2D eigenvalue weighted by Gasteiger charge is -2.57. The number of benzene rings is 2. The second kappa shape index (κ2) is 10.6. The summed E-state index contributed by atoms with van der Waals surface area (Å²) in [5.74, 6) is -14.3. The number of esters is 1. The summed E-state index contributed by atoms with van der Waals surface area (Å²) in [4.78, 5) is 82.5. The number of aliphatic hydroxyl groups is 1. The van der Waals surface area contributed by atoms with Gasteiger partial charge in [-0.2, -0.15) is 0 Å². The van der Waals surface area contributed by atoms with E-state index < -0.39 is 82.3 Å². The maximum atomic E-state index is 14.4. The average molecular weight is 577 g/mol. The summed E-state index contributed by atoms with van der Waals surface area (Å²) in [6.45, 7) is 1.53. The first-order valence-electron chi connectivity index (χ1n) is 13.8. The number of carbonyl (C=O) groups is 6. The minimum atomic E-state index is -3.06. The maximum Gasteiger partial charge on any atom is 0.305 e. The zero-order chi connectivity index (χ0) is 30.7. The molecule has 2 fully saturated rings. The molecule has 11 heteroatoms. The van der Waals surface area contributed by atoms with Gasteiger partial charge in [-0.3, -0.25) is 33.7 Å². The van der Waals surface area contributed by atoms with Gasteiger partial charge >= 0.3 is 5.97 Å². The molecule has 220 valence electrons. The lowest BCUT2D eigenvalue weighted by Crippen LogP contribution is -2.78. The number of phenols is 1. The Kier molecular flexibility index (Phi) is 7.36. The van der Waals surface area contributed by atoms with Gasteiger partial charge in [0, 0.05) is 12.3 Å². The van der Waals surface area contributed by atoms with Crippen LogP contribution < -0.4 is 5.73 Å². The highest BCUT2D eigenvalue weighted by Gasteiger charge is 2.74. The van der Waals surface area contributed by atoms with Crippen LogP contribution >= 0.6 is 0 Å². The number of nitrogens with zero attached hydrogens (tertiary/aromatic N) is 1. The summed E-state index contributed by atoms with van der Waals surface area (Å²) in [6, 6.07) is 12.2. The van der Waals surface area contributed by atoms with Crippen LogP contribution in [0.2, 0.25) is 0 Å². The molecule has 0 heterocycles. The summed E-state index contributed by atoms with van der Waals surface area (Å²) in [6.07, 6.45) is -1.35. The molecular formula is C31H32N2O9. The first-order chi connectivity index (χ1) is 19.9. The van der Waals surface area contributed by atoms with Gasteiger partial charge in [-0.1, -0.05) is 49.4 Å². The fourth-order valence-corrected chi connectivity index (χ4v) is 7.23. The first kappa shape index (κ1) is 29.3. The molecule has 1 amide bonds. The molecule has 0 saturated heterocycles. The molecule has 2 aromatic carbocycles. The van der Waals surface area contributed by atoms with E-state index in [0.717, 1.165) is 5.56 Å². The predicted octanol–water partition coefficient (Wildman–Crippen LogP) is 0.583. The van der Waals surface area contributed by atoms with Crippen molar-refractivity contribution in [2.75, 3.05) is 14.1 Å². The van der Waals surface area contributed by atoms with E-state index >= 15 is 0 Å². The topological polar surface area (TPSA) is 181 Å². The highest BCUT2D eigenvalue weighted by atomic mass is 16.5. The van der Waals surface area contributed by atoms with Crippen molar-refractivity contribution in [2.45, 2.75) is 43.4 Å². The van der Waals surface area contributed by atoms with Gasteiger partial charge < -0.3 is 20.7 Å². The monoisotopic (exact) mass is 576 g/mol. The zero-order valence-electron chi connectivity index (χ0n) is 23.4. The van der Waals surface area contributed by atoms with Gasteiger partial charge in [0.2, 0.25) is 5.91 Å². The maximum absolute atomic E-state index is 14.4. The molecule has 2 saturated carbocycles. The molecule has 5 rings (SSSR count). The van der Waals surface area contributed by atoms with Crippen LogP contribution in [0.1, 0.15) is 40.7 Å². The van der Waals surface area contributed by atoms with Gasteiger partial charge in [0.1, 0.15) is 11.9 Å². The Morgan fingerprint density at radius 2 is 1.67 bits per heavy atom. The number of hydrogen-bond acceptors (Lipinski definition) is 10. The molecule has 8 atom stereocenters. The Hall–Kier alpha value is -4.22. The van der Waals surface area contributed by atoms with Gasteiger partial charge in [0.25, 0.3) is 0 Å². The van der Waals surface area contributed by atoms with E-state index in [2.05, 4.69) is 0 Å². The molecular weight excluding hydrogens is 544 g/mol. The van der Waals surface area contributed by atoms with Crippen LogP contribution in [0.4, 0.5) is 0 Å². The summed E-state index contributed by atoms with van der Waals surface area (Å²) in [5, 5.41) is 22.9. The molecule has 3 aliphatic rings. The largest absolute Gasteiger partial charge is 0.507 e. The van der Waals surface area contributed by atoms with E-state index in [0.29, 0.717) is 5.56 Å². The van der Waals surface area contributed by atoms with Crippen molar-refractivity contribution in [1.82, 2.24) is 4.90 Å². The number of primary amides is 1. The van der Waals surface area contributed by atoms with E-state index in [1.807, 2.05) is 30.3 Å². The van der Waals surface area contributed by atoms with Crippen molar-refractivity contribution in [3.63, 3.8) is 0 Å². The third-order valence-electron chi connectivity index (χ3n) is 8.98. The van der Waals surface area contributed by atoms with E-state index in [-0.39, 0.29) is 24.2 Å². The van der Waals surface area contributed by atoms with Crippen molar-refractivity contribution in [2.24, 2.45) is 29.4 Å². The second-order valence-corrected chi connectivity index (χ2v) is 11.4. The summed E-state index contributed by atoms with van der Waals surface area (Å²) < 4.78 is 5.91. The van der Waals surface area contributed by atoms with Crippen LogP contribution in [0.25, 0.3) is 0 Å². The van der Waals surface area contributed by atoms with Crippen molar-refractivity contribution in [3.8, 4) is 5.75 Å². The minimum absolute atomic E-state index is 0.111. The van der Waals surface area contributed by atoms with Gasteiger partial charge in [0.05, 0.1) is 23.4 Å². The Bertz CT molecular complexity index is 1500. The molecule has 0 spiro atoms. The summed E-state index contributed by atoms with van der Waals surface area (Å²) >= 11 is 0. The Morgan fingerprint density at radius 1 is 1.00 bits per heavy atom. The van der Waals surface area contributed by atoms with Gasteiger partial charge in [0.15, 0.2) is 34.7 Å². The number of hydrogen-bond donors (Lipinski definition) is 3. The minimum Gasteiger partial charge on any atom is -0.507 e. The molecule has 2 aromatic rings. The summed E-state index contributed by atoms with van der Waals surface area (Å²) in [7, 11) is 2.93. The molecule has 8 unspecified atom stereocenters. The highest BCUT2D eigenvalue weighted by Crippen LogP contribution is 2.56. The molecule has 4 N–H and O–H groups in total. The van der Waals surface area contributed by atoms with Crippen LogP contribution in [0.3, 0.4) is 0 Å². The van der Waals surface area contributed by atoms with E-state index in [1.165, 1.54) is 32.0 Å². The van der Waals surface area contributed by atoms with Crippen LogP contribution in [-0.4, -0.2) is 82.0 Å². The number of rotatable bonds is 6. The number of ether oxygens (including phenoxy) is 1. The molecule has 0 bridgehead atoms. The zero-order valence-corrected chi connectivity index (χ0v) is 23.4. The third kappa shape index (κ3) is 4.18. The predicted molar refractivity (Wildman–Crippen MR) is 146 cm³/mol. The van der Waals surface area contributed by atoms with Crippen LogP contribution in [0.15, 0.2) is 48.5 Å². The lowest BCUT2D eigenvalue weighted by atomic mass is 9.49. The number of phenolic OH excluding ortho intramolecular Hbond substituents is 1. The SMILES string of the molecule is CCC(=O)OC1C2C(C(=O)c3c(O)cccc3C2Cc2ccccc2)C(=O)C2(O)C(=O)C(C(N)=O)C(=O)C(N(C)C)C12. The quantitative estimate of drug-likeness (QED) is 0.325. The second-order valence-electron chi connectivity index (χ2n) is 11.4. The standard InChI is InChI=1S/C31H32N2O9/c1-4-18(35)42-27-20-16(13-14-9-6-5-7-10-14)15-11-8-12-17(34)19(15)25(36)21(20)28(38)31(41)23(27)24(33(2)3)26(37)22(29(31)39)30(32)40/h5-12,16,20-24,27,34,41H,4,13H2,1-3H3,(H2,32,40). The fraction of sp³-hybridized carbons (Fsp3) is 0.419.